The van der Waals surface area contributed by atoms with Gasteiger partial charge in [-0.3, -0.25) is 14.4 Å². The van der Waals surface area contributed by atoms with E-state index < -0.39 is 30.2 Å². The second-order valence-corrected chi connectivity index (χ2v) is 9.56. The van der Waals surface area contributed by atoms with E-state index in [2.05, 4.69) is 0 Å². The van der Waals surface area contributed by atoms with E-state index in [4.69, 9.17) is 32.7 Å². The summed E-state index contributed by atoms with van der Waals surface area (Å²) in [4.78, 5) is 51.7. The molecule has 0 bridgehead atoms. The number of hydrogen-bond acceptors (Lipinski definition) is 6. The summed E-state index contributed by atoms with van der Waals surface area (Å²) < 4.78 is 10.5. The van der Waals surface area contributed by atoms with Gasteiger partial charge in [0.15, 0.2) is 12.4 Å². The molecule has 1 amide bonds. The average Bonchev–Trinajstić information content (AvgIpc) is 3.23. The molecule has 0 spiro atoms. The van der Waals surface area contributed by atoms with Crippen molar-refractivity contribution in [3.63, 3.8) is 0 Å². The summed E-state index contributed by atoms with van der Waals surface area (Å²) in [7, 11) is 0. The second kappa shape index (κ2) is 11.2. The molecule has 0 radical (unpaired) electrons. The van der Waals surface area contributed by atoms with E-state index in [1.807, 2.05) is 32.0 Å². The van der Waals surface area contributed by atoms with Crippen LogP contribution in [0, 0.1) is 19.8 Å². The monoisotopic (exact) mass is 539 g/mol. The number of amides is 1. The van der Waals surface area contributed by atoms with Crippen LogP contribution < -0.4 is 9.64 Å². The standard InChI is InChI=1S/C28H23Cl2NO6/c1-16-4-3-5-17(2)26(16)31-14-19(12-25(31)33)27(34)36-15-24(32)18-6-9-21(10-7-18)37-28(35)22-11-8-20(29)13-23(22)30/h3-11,13,19H,12,14-15H2,1-2H3/t19-/m1/s1. The van der Waals surface area contributed by atoms with Gasteiger partial charge in [0.2, 0.25) is 5.91 Å². The summed E-state index contributed by atoms with van der Waals surface area (Å²) in [6.45, 7) is 3.57. The molecule has 0 aromatic heterocycles. The Labute approximate surface area is 223 Å². The van der Waals surface area contributed by atoms with Crippen molar-refractivity contribution in [2.45, 2.75) is 20.3 Å². The number of carbonyl (C=O) groups excluding carboxylic acids is 4. The lowest BCUT2D eigenvalue weighted by Crippen LogP contribution is -2.28. The zero-order chi connectivity index (χ0) is 26.7. The Kier molecular flexibility index (Phi) is 7.95. The van der Waals surface area contributed by atoms with Crippen LogP contribution in [0.25, 0.3) is 0 Å². The van der Waals surface area contributed by atoms with E-state index in [1.54, 1.807) is 4.90 Å². The summed E-state index contributed by atoms with van der Waals surface area (Å²) in [6.07, 6.45) is 0.0263. The number of halogens is 2. The molecular weight excluding hydrogens is 517 g/mol. The van der Waals surface area contributed by atoms with Crippen molar-refractivity contribution < 1.29 is 28.7 Å². The van der Waals surface area contributed by atoms with Gasteiger partial charge in [0, 0.05) is 29.2 Å². The SMILES string of the molecule is Cc1cccc(C)c1N1C[C@H](C(=O)OCC(=O)c2ccc(OC(=O)c3ccc(Cl)cc3Cl)cc2)CC1=O. The van der Waals surface area contributed by atoms with E-state index in [0.717, 1.165) is 16.8 Å². The van der Waals surface area contributed by atoms with Crippen molar-refractivity contribution in [1.29, 1.82) is 0 Å². The number of ketones is 1. The van der Waals surface area contributed by atoms with Gasteiger partial charge in [-0.05, 0) is 67.4 Å². The van der Waals surface area contributed by atoms with Gasteiger partial charge in [0.1, 0.15) is 5.75 Å². The number of Topliss-reactive ketones (excluding diaryl/α,β-unsaturated/α-hetero) is 1. The predicted octanol–water partition coefficient (Wildman–Crippen LogP) is 5.61. The molecule has 1 atom stereocenters. The smallest absolute Gasteiger partial charge is 0.345 e. The number of benzene rings is 3. The van der Waals surface area contributed by atoms with Crippen molar-refractivity contribution in [2.24, 2.45) is 5.92 Å². The highest BCUT2D eigenvalue weighted by Crippen LogP contribution is 2.31. The average molecular weight is 540 g/mol. The highest BCUT2D eigenvalue weighted by atomic mass is 35.5. The van der Waals surface area contributed by atoms with E-state index in [1.165, 1.54) is 42.5 Å². The van der Waals surface area contributed by atoms with Crippen LogP contribution in [0.2, 0.25) is 10.0 Å². The second-order valence-electron chi connectivity index (χ2n) is 8.71. The van der Waals surface area contributed by atoms with Crippen LogP contribution in [-0.4, -0.2) is 36.8 Å². The van der Waals surface area contributed by atoms with E-state index in [-0.39, 0.29) is 40.8 Å². The summed E-state index contributed by atoms with van der Waals surface area (Å²) >= 11 is 11.9. The molecule has 1 aliphatic heterocycles. The summed E-state index contributed by atoms with van der Waals surface area (Å²) in [5.41, 5.74) is 3.13. The lowest BCUT2D eigenvalue weighted by atomic mass is 10.1. The van der Waals surface area contributed by atoms with Gasteiger partial charge >= 0.3 is 11.9 Å². The van der Waals surface area contributed by atoms with Crippen LogP contribution in [0.1, 0.15) is 38.3 Å². The molecule has 1 aliphatic rings. The number of nitrogens with zero attached hydrogens (tertiary/aromatic N) is 1. The molecule has 7 nitrogen and oxygen atoms in total. The number of esters is 2. The fourth-order valence-electron chi connectivity index (χ4n) is 4.18. The van der Waals surface area contributed by atoms with Gasteiger partial charge in [0.05, 0.1) is 16.5 Å². The number of aryl methyl sites for hydroxylation is 2. The van der Waals surface area contributed by atoms with Crippen LogP contribution in [0.15, 0.2) is 60.7 Å². The molecule has 3 aromatic carbocycles. The maximum absolute atomic E-state index is 12.6. The summed E-state index contributed by atoms with van der Waals surface area (Å²) in [6, 6.07) is 16.0. The summed E-state index contributed by atoms with van der Waals surface area (Å²) in [5.74, 6) is -2.29. The largest absolute Gasteiger partial charge is 0.457 e. The molecule has 0 aliphatic carbocycles. The zero-order valence-corrected chi connectivity index (χ0v) is 21.6. The van der Waals surface area contributed by atoms with Crippen LogP contribution in [0.3, 0.4) is 0 Å². The normalized spacial score (nSPS) is 15.0. The topological polar surface area (TPSA) is 90.0 Å². The maximum atomic E-state index is 12.6. The van der Waals surface area contributed by atoms with Gasteiger partial charge in [-0.2, -0.15) is 0 Å². The Balaban J connectivity index is 1.32. The molecular formula is C28H23Cl2NO6. The number of anilines is 1. The first kappa shape index (κ1) is 26.4. The van der Waals surface area contributed by atoms with Gasteiger partial charge < -0.3 is 14.4 Å². The number of carbonyl (C=O) groups is 4. The first-order valence-electron chi connectivity index (χ1n) is 11.5. The first-order chi connectivity index (χ1) is 17.6. The Morgan fingerprint density at radius 2 is 1.65 bits per heavy atom. The first-order valence-corrected chi connectivity index (χ1v) is 12.2. The highest BCUT2D eigenvalue weighted by molar-refractivity contribution is 6.36. The number of ether oxygens (including phenoxy) is 2. The Hall–Kier alpha value is -3.68. The van der Waals surface area contributed by atoms with E-state index in [0.29, 0.717) is 5.02 Å². The van der Waals surface area contributed by atoms with Crippen LogP contribution in [-0.2, 0) is 14.3 Å². The van der Waals surface area contributed by atoms with Crippen LogP contribution in [0.5, 0.6) is 5.75 Å². The van der Waals surface area contributed by atoms with Crippen molar-refractivity contribution >= 4 is 52.5 Å². The van der Waals surface area contributed by atoms with Gasteiger partial charge in [-0.15, -0.1) is 0 Å². The molecule has 0 saturated carbocycles. The molecule has 0 unspecified atom stereocenters. The third-order valence-corrected chi connectivity index (χ3v) is 6.60. The molecule has 1 heterocycles. The van der Waals surface area contributed by atoms with Gasteiger partial charge in [0.25, 0.3) is 0 Å². The third kappa shape index (κ3) is 6.01. The van der Waals surface area contributed by atoms with E-state index in [9.17, 15) is 19.2 Å². The molecule has 1 fully saturated rings. The summed E-state index contributed by atoms with van der Waals surface area (Å²) in [5, 5.41) is 0.551. The van der Waals surface area contributed by atoms with Gasteiger partial charge in [-0.25, -0.2) is 4.79 Å². The zero-order valence-electron chi connectivity index (χ0n) is 20.1. The molecule has 1 saturated heterocycles. The van der Waals surface area contributed by atoms with E-state index >= 15 is 0 Å². The molecule has 3 aromatic rings. The molecule has 4 rings (SSSR count). The molecule has 37 heavy (non-hydrogen) atoms. The van der Waals surface area contributed by atoms with Crippen molar-refractivity contribution in [3.8, 4) is 5.75 Å². The number of rotatable bonds is 7. The van der Waals surface area contributed by atoms with Crippen LogP contribution >= 0.6 is 23.2 Å². The molecule has 9 heteroatoms. The van der Waals surface area contributed by atoms with Crippen molar-refractivity contribution in [2.75, 3.05) is 18.1 Å². The third-order valence-electron chi connectivity index (χ3n) is 6.05. The predicted molar refractivity (Wildman–Crippen MR) is 140 cm³/mol. The Bertz CT molecular complexity index is 1370. The Morgan fingerprint density at radius 3 is 2.30 bits per heavy atom. The lowest BCUT2D eigenvalue weighted by molar-refractivity contribution is -0.147. The minimum atomic E-state index is -0.671. The quantitative estimate of drug-likeness (QED) is 0.220. The van der Waals surface area contributed by atoms with Crippen LogP contribution in [0.4, 0.5) is 5.69 Å². The fraction of sp³-hybridized carbons (Fsp3) is 0.214. The fourth-order valence-corrected chi connectivity index (χ4v) is 4.66. The van der Waals surface area contributed by atoms with Gasteiger partial charge in [-0.1, -0.05) is 41.4 Å². The highest BCUT2D eigenvalue weighted by Gasteiger charge is 2.37. The minimum absolute atomic E-state index is 0.0263. The van der Waals surface area contributed by atoms with Crippen molar-refractivity contribution in [3.05, 3.63) is 93.0 Å². The maximum Gasteiger partial charge on any atom is 0.345 e. The van der Waals surface area contributed by atoms with Crippen molar-refractivity contribution in [1.82, 2.24) is 0 Å². The number of para-hydroxylation sites is 1. The Morgan fingerprint density at radius 1 is 0.973 bits per heavy atom. The number of hydrogen-bond donors (Lipinski definition) is 0. The molecule has 190 valence electrons. The molecule has 0 N–H and O–H groups in total. The lowest BCUT2D eigenvalue weighted by Gasteiger charge is -2.21. The minimum Gasteiger partial charge on any atom is -0.457 e.